The highest BCUT2D eigenvalue weighted by Gasteiger charge is 2.35. The zero-order valence-corrected chi connectivity index (χ0v) is 53.3. The molecule has 0 saturated carbocycles. The predicted octanol–water partition coefficient (Wildman–Crippen LogP) is 14.9. The standard InChI is InChI=1S/C81H56N4O3P4/c1-83-75-56-81(85-78-49-45-69(91(87,63-35-19-7-20-36-63)64-37-21-8-22-38-64)54-73(78)74-55-70(46-50-79(74)85)92(88,65-39-23-9-24-40-65)66-41-25-10-26-42-66)80(51-58(75)57-82)84-76-47-43-67(89(2,59-27-11-3-12-28-59)60-29-13-4-14-30-60)52-71(76)72-53-68(44-48-77(72)84)90(86,61-31-15-5-16-32-61)62-33-17-6-18-34-62/h3-56H,2H2. The van der Waals surface area contributed by atoms with Gasteiger partial charge in [-0.2, -0.15) is 5.26 Å². The maximum atomic E-state index is 16.5. The molecule has 0 aliphatic rings. The van der Waals surface area contributed by atoms with Crippen LogP contribution in [0.25, 0.3) is 59.8 Å². The van der Waals surface area contributed by atoms with Gasteiger partial charge in [0.25, 0.3) is 0 Å². The Labute approximate surface area is 534 Å². The van der Waals surface area contributed by atoms with E-state index in [1.54, 1.807) is 6.07 Å². The normalized spacial score (nSPS) is 12.1. The molecule has 13 aromatic carbocycles. The summed E-state index contributed by atoms with van der Waals surface area (Å²) in [6.45, 7) is 6.09. The molecule has 15 aromatic rings. The second-order valence-corrected chi connectivity index (χ2v) is 34.4. The van der Waals surface area contributed by atoms with Crippen LogP contribution in [0.5, 0.6) is 0 Å². The Hall–Kier alpha value is -10.6. The third-order valence-corrected chi connectivity index (χ3v) is 30.6. The first kappa shape index (κ1) is 57.8. The average Bonchev–Trinajstić information content (AvgIpc) is 1.55. The molecule has 0 spiro atoms. The van der Waals surface area contributed by atoms with Gasteiger partial charge in [0.15, 0.2) is 21.4 Å². The second kappa shape index (κ2) is 23.3. The zero-order chi connectivity index (χ0) is 62.6. The SMILES string of the molecule is [C-]#[N+]c1cc(-n2c3ccc(P(=O)(c4ccccc4)c4ccccc4)cc3c3cc(P(=O)(c4ccccc4)c4ccccc4)ccc32)c(-n2c3ccc(P(=C)(c4ccccc4)c4ccccc4)cc3c3cc(P(=O)(c4ccccc4)c4ccccc4)ccc32)cc1C#N. The monoisotopic (exact) mass is 1260 g/mol. The van der Waals surface area contributed by atoms with Crippen molar-refractivity contribution >= 4 is 148 Å². The summed E-state index contributed by atoms with van der Waals surface area (Å²) in [5.41, 5.74) is 4.52. The van der Waals surface area contributed by atoms with Crippen molar-refractivity contribution in [3.8, 4) is 17.4 Å². The third kappa shape index (κ3) is 9.28. The maximum absolute atomic E-state index is 16.5. The number of hydrogen-bond donors (Lipinski definition) is 0. The fourth-order valence-electron chi connectivity index (χ4n) is 13.4. The van der Waals surface area contributed by atoms with Crippen molar-refractivity contribution in [2.75, 3.05) is 0 Å². The molecule has 0 saturated heterocycles. The summed E-state index contributed by atoms with van der Waals surface area (Å²) in [6, 6.07) is 109. The van der Waals surface area contributed by atoms with Gasteiger partial charge >= 0.3 is 0 Å². The fraction of sp³-hybridized carbons (Fsp3) is 0. The van der Waals surface area contributed by atoms with E-state index in [4.69, 9.17) is 12.9 Å². The molecule has 0 amide bonds. The van der Waals surface area contributed by atoms with Crippen molar-refractivity contribution in [3.63, 3.8) is 0 Å². The predicted molar refractivity (Wildman–Crippen MR) is 390 cm³/mol. The van der Waals surface area contributed by atoms with Crippen LogP contribution in [-0.2, 0) is 13.7 Å². The van der Waals surface area contributed by atoms with Crippen LogP contribution in [0.4, 0.5) is 5.69 Å². The van der Waals surface area contributed by atoms with Crippen molar-refractivity contribution in [1.29, 1.82) is 5.26 Å². The highest BCUT2D eigenvalue weighted by molar-refractivity contribution is 7.93. The average molecular weight is 1260 g/mol. The van der Waals surface area contributed by atoms with Gasteiger partial charge in [0.2, 0.25) is 5.69 Å². The molecule has 0 fully saturated rings. The number of nitriles is 1. The van der Waals surface area contributed by atoms with E-state index in [0.717, 1.165) is 59.5 Å². The summed E-state index contributed by atoms with van der Waals surface area (Å²) in [5.74, 6) is 0. The summed E-state index contributed by atoms with van der Waals surface area (Å²) in [4.78, 5) is 4.04. The van der Waals surface area contributed by atoms with Gasteiger partial charge in [-0.05, 0) is 102 Å². The van der Waals surface area contributed by atoms with Crippen LogP contribution in [-0.4, -0.2) is 15.4 Å². The van der Waals surface area contributed by atoms with Crippen LogP contribution in [0.2, 0.25) is 0 Å². The quantitative estimate of drug-likeness (QED) is 0.0801. The Balaban J connectivity index is 1.06. The first-order valence-electron chi connectivity index (χ1n) is 30.2. The molecule has 0 unspecified atom stereocenters. The first-order valence-corrected chi connectivity index (χ1v) is 37.3. The molecule has 0 bridgehead atoms. The van der Waals surface area contributed by atoms with Gasteiger partial charge in [-0.15, -0.1) is 0 Å². The second-order valence-electron chi connectivity index (χ2n) is 22.9. The van der Waals surface area contributed by atoms with Crippen LogP contribution in [0.1, 0.15) is 5.56 Å². The lowest BCUT2D eigenvalue weighted by molar-refractivity contribution is 0.591. The molecule has 438 valence electrons. The summed E-state index contributed by atoms with van der Waals surface area (Å²) >= 11 is 0. The highest BCUT2D eigenvalue weighted by Crippen LogP contribution is 2.50. The van der Waals surface area contributed by atoms with Crippen LogP contribution in [0, 0.1) is 17.9 Å². The van der Waals surface area contributed by atoms with Crippen molar-refractivity contribution < 1.29 is 13.7 Å². The maximum Gasteiger partial charge on any atom is 0.206 e. The van der Waals surface area contributed by atoms with E-state index < -0.39 is 28.3 Å². The van der Waals surface area contributed by atoms with Gasteiger partial charge in [0.05, 0.1) is 51.6 Å². The van der Waals surface area contributed by atoms with E-state index in [-0.39, 0.29) is 11.3 Å². The molecule has 0 aliphatic heterocycles. The number of nitrogens with zero attached hydrogens (tertiary/aromatic N) is 4. The smallest absolute Gasteiger partial charge is 0.206 e. The van der Waals surface area contributed by atoms with Gasteiger partial charge in [0, 0.05) is 69.3 Å². The molecule has 0 radical (unpaired) electrons. The fourth-order valence-corrected chi connectivity index (χ4v) is 24.4. The van der Waals surface area contributed by atoms with Crippen molar-refractivity contribution in [3.05, 3.63) is 345 Å². The van der Waals surface area contributed by atoms with Crippen molar-refractivity contribution in [2.45, 2.75) is 0 Å². The van der Waals surface area contributed by atoms with Crippen molar-refractivity contribution in [1.82, 2.24) is 9.13 Å². The van der Waals surface area contributed by atoms with Gasteiger partial charge in [-0.1, -0.05) is 255 Å². The van der Waals surface area contributed by atoms with Crippen LogP contribution >= 0.6 is 28.3 Å². The van der Waals surface area contributed by atoms with Gasteiger partial charge < -0.3 is 22.8 Å². The summed E-state index contributed by atoms with van der Waals surface area (Å²) in [6.07, 6.45) is 5.18. The minimum atomic E-state index is -3.57. The van der Waals surface area contributed by atoms with Gasteiger partial charge in [-0.3, -0.25) is 0 Å². The van der Waals surface area contributed by atoms with E-state index >= 15 is 13.7 Å². The molecule has 92 heavy (non-hydrogen) atoms. The number of aromatic nitrogens is 2. The molecule has 2 aromatic heterocycles. The molecule has 7 nitrogen and oxygen atoms in total. The Bertz CT molecular complexity index is 4820. The molecule has 2 heterocycles. The van der Waals surface area contributed by atoms with Gasteiger partial charge in [-0.25, -0.2) is 4.85 Å². The van der Waals surface area contributed by atoms with E-state index in [1.165, 1.54) is 0 Å². The Kier molecular flexibility index (Phi) is 14.7. The number of rotatable bonds is 14. The third-order valence-electron chi connectivity index (χ3n) is 17.9. The molecule has 15 rings (SSSR count). The van der Waals surface area contributed by atoms with Crippen molar-refractivity contribution in [2.24, 2.45) is 0 Å². The zero-order valence-electron chi connectivity index (χ0n) is 49.7. The lowest BCUT2D eigenvalue weighted by Gasteiger charge is -2.27. The molecule has 0 aliphatic carbocycles. The lowest BCUT2D eigenvalue weighted by Crippen LogP contribution is -2.25. The van der Waals surface area contributed by atoms with Crippen LogP contribution in [0.3, 0.4) is 0 Å². The van der Waals surface area contributed by atoms with E-state index in [2.05, 4.69) is 92.8 Å². The van der Waals surface area contributed by atoms with Gasteiger partial charge in [0.1, 0.15) is 0 Å². The lowest BCUT2D eigenvalue weighted by atomic mass is 10.1. The molecular weight excluding hydrogens is 1200 g/mol. The molecule has 11 heteroatoms. The Morgan fingerprint density at radius 3 is 0.804 bits per heavy atom. The number of fused-ring (bicyclic) bond motifs is 6. The topological polar surface area (TPSA) is 89.2 Å². The summed E-state index contributed by atoms with van der Waals surface area (Å²) in [5, 5.41) is 23.5. The van der Waals surface area contributed by atoms with E-state index in [9.17, 15) is 5.26 Å². The first-order chi connectivity index (χ1) is 45.1. The largest absolute Gasteiger partial charge is 0.309 e. The van der Waals surface area contributed by atoms with E-state index in [0.29, 0.717) is 59.1 Å². The number of hydrogen-bond acceptors (Lipinski definition) is 4. The Morgan fingerprint density at radius 2 is 0.543 bits per heavy atom. The van der Waals surface area contributed by atoms with Crippen LogP contribution < -0.4 is 63.7 Å². The Morgan fingerprint density at radius 1 is 0.304 bits per heavy atom. The number of benzene rings is 13. The van der Waals surface area contributed by atoms with E-state index in [1.807, 2.05) is 249 Å². The summed E-state index contributed by atoms with van der Waals surface area (Å²) < 4.78 is 53.6. The molecule has 0 atom stereocenters. The molecular formula is C81H56N4O3P4. The minimum absolute atomic E-state index is 0.152. The summed E-state index contributed by atoms with van der Waals surface area (Å²) in [7, 11) is -10.7. The molecule has 0 N–H and O–H groups in total. The minimum Gasteiger partial charge on any atom is -0.309 e. The highest BCUT2D eigenvalue weighted by atomic mass is 31.2. The van der Waals surface area contributed by atoms with Crippen LogP contribution in [0.15, 0.2) is 328 Å².